The molecule has 0 aliphatic carbocycles. The van der Waals surface area contributed by atoms with E-state index in [2.05, 4.69) is 15.9 Å². The van der Waals surface area contributed by atoms with Crippen LogP contribution in [0.2, 0.25) is 0 Å². The molecule has 0 fully saturated rings. The fourth-order valence-electron chi connectivity index (χ4n) is 1.32. The molecule has 0 bridgehead atoms. The molecule has 1 aromatic heterocycles. The van der Waals surface area contributed by atoms with Crippen LogP contribution < -0.4 is 0 Å². The Kier molecular flexibility index (Phi) is 6.18. The molecule has 96 valence electrons. The monoisotopic (exact) mass is 327 g/mol. The van der Waals surface area contributed by atoms with Crippen LogP contribution in [0.5, 0.6) is 0 Å². The van der Waals surface area contributed by atoms with Crippen LogP contribution in [0.15, 0.2) is 15.9 Å². The Morgan fingerprint density at radius 1 is 1.53 bits per heavy atom. The first-order valence-electron chi connectivity index (χ1n) is 4.93. The Morgan fingerprint density at radius 2 is 2.24 bits per heavy atom. The second-order valence-electron chi connectivity index (χ2n) is 3.38. The van der Waals surface area contributed by atoms with E-state index in [1.807, 2.05) is 0 Å². The fraction of sp³-hybridized carbons (Fsp3) is 0.500. The molecule has 0 aliphatic rings. The molecule has 1 rings (SSSR count). The first kappa shape index (κ1) is 14.7. The van der Waals surface area contributed by atoms with E-state index in [0.29, 0.717) is 4.88 Å². The van der Waals surface area contributed by atoms with Crippen molar-refractivity contribution in [1.29, 1.82) is 0 Å². The smallest absolute Gasteiger partial charge is 0.251 e. The first-order valence-corrected chi connectivity index (χ1v) is 6.53. The summed E-state index contributed by atoms with van der Waals surface area (Å²) in [5.41, 5.74) is 0. The molecule has 7 heteroatoms. The Bertz CT molecular complexity index is 373. The van der Waals surface area contributed by atoms with Gasteiger partial charge in [0.1, 0.15) is 0 Å². The zero-order valence-corrected chi connectivity index (χ0v) is 11.3. The van der Waals surface area contributed by atoms with Gasteiger partial charge in [0.2, 0.25) is 0 Å². The third-order valence-corrected chi connectivity index (χ3v) is 3.69. The van der Waals surface area contributed by atoms with Gasteiger partial charge >= 0.3 is 0 Å². The number of aliphatic hydroxyl groups is 1. The van der Waals surface area contributed by atoms with Crippen LogP contribution in [0, 0.1) is 0 Å². The van der Waals surface area contributed by atoms with Gasteiger partial charge in [-0.3, -0.25) is 9.69 Å². The van der Waals surface area contributed by atoms with E-state index < -0.39 is 13.0 Å². The van der Waals surface area contributed by atoms with Crippen LogP contribution in [0.4, 0.5) is 8.78 Å². The maximum atomic E-state index is 12.2. The van der Waals surface area contributed by atoms with Crippen molar-refractivity contribution in [2.45, 2.75) is 6.43 Å². The Balaban J connectivity index is 2.57. The molecule has 3 nitrogen and oxygen atoms in total. The number of ketones is 1. The second-order valence-corrected chi connectivity index (χ2v) is 5.84. The summed E-state index contributed by atoms with van der Waals surface area (Å²) in [6, 6.07) is 3.39. The molecular formula is C10H12BrF2NO2S. The summed E-state index contributed by atoms with van der Waals surface area (Å²) in [6.45, 7) is -0.770. The lowest BCUT2D eigenvalue weighted by molar-refractivity contribution is 0.0691. The van der Waals surface area contributed by atoms with E-state index in [1.165, 1.54) is 16.2 Å². The minimum atomic E-state index is -2.51. The van der Waals surface area contributed by atoms with Crippen LogP contribution in [0.25, 0.3) is 0 Å². The number of halogens is 3. The predicted octanol–water partition coefficient (Wildman–Crippen LogP) is 2.25. The van der Waals surface area contributed by atoms with Crippen molar-refractivity contribution < 1.29 is 18.7 Å². The number of carbonyl (C=O) groups is 1. The minimum absolute atomic E-state index is 0.0720. The predicted molar refractivity (Wildman–Crippen MR) is 65.9 cm³/mol. The van der Waals surface area contributed by atoms with Crippen LogP contribution in [0.3, 0.4) is 0 Å². The molecule has 0 atom stereocenters. The molecule has 1 heterocycles. The fourth-order valence-corrected chi connectivity index (χ4v) is 2.63. The van der Waals surface area contributed by atoms with Crippen molar-refractivity contribution >= 4 is 33.0 Å². The lowest BCUT2D eigenvalue weighted by Gasteiger charge is -2.19. The van der Waals surface area contributed by atoms with Gasteiger partial charge in [-0.25, -0.2) is 8.78 Å². The molecule has 0 saturated heterocycles. The van der Waals surface area contributed by atoms with E-state index in [1.54, 1.807) is 12.1 Å². The van der Waals surface area contributed by atoms with Gasteiger partial charge < -0.3 is 5.11 Å². The first-order chi connectivity index (χ1) is 8.02. The number of nitrogens with zero attached hydrogens (tertiary/aromatic N) is 1. The SMILES string of the molecule is O=C(CN(CCO)CC(F)F)c1ccc(Br)s1. The van der Waals surface area contributed by atoms with E-state index in [0.717, 1.165) is 3.79 Å². The van der Waals surface area contributed by atoms with Crippen LogP contribution in [0.1, 0.15) is 9.67 Å². The molecule has 0 amide bonds. The van der Waals surface area contributed by atoms with Gasteiger partial charge in [-0.1, -0.05) is 0 Å². The number of carbonyl (C=O) groups excluding carboxylic acids is 1. The van der Waals surface area contributed by atoms with E-state index in [-0.39, 0.29) is 25.5 Å². The lowest BCUT2D eigenvalue weighted by Crippen LogP contribution is -2.35. The third kappa shape index (κ3) is 5.20. The van der Waals surface area contributed by atoms with Gasteiger partial charge in [0.15, 0.2) is 5.78 Å². The van der Waals surface area contributed by atoms with Gasteiger partial charge in [0.25, 0.3) is 6.43 Å². The summed E-state index contributed by atoms with van der Waals surface area (Å²) >= 11 is 4.50. The zero-order valence-electron chi connectivity index (χ0n) is 8.91. The van der Waals surface area contributed by atoms with Crippen molar-refractivity contribution in [3.63, 3.8) is 0 Å². The molecule has 1 N–H and O–H groups in total. The molecule has 0 spiro atoms. The minimum Gasteiger partial charge on any atom is -0.395 e. The standard InChI is InChI=1S/C10H12BrF2NO2S/c11-9-2-1-8(17-9)7(16)5-14(3-4-15)6-10(12)13/h1-2,10,15H,3-6H2. The topological polar surface area (TPSA) is 40.5 Å². The number of hydrogen-bond donors (Lipinski definition) is 1. The lowest BCUT2D eigenvalue weighted by atomic mass is 10.3. The van der Waals surface area contributed by atoms with Gasteiger partial charge in [-0.15, -0.1) is 11.3 Å². The largest absolute Gasteiger partial charge is 0.395 e. The highest BCUT2D eigenvalue weighted by Gasteiger charge is 2.17. The molecular weight excluding hydrogens is 316 g/mol. The molecule has 0 saturated carbocycles. The third-order valence-electron chi connectivity index (χ3n) is 2.03. The van der Waals surface area contributed by atoms with Gasteiger partial charge in [-0.2, -0.15) is 0 Å². The number of thiophene rings is 1. The number of rotatable bonds is 7. The maximum absolute atomic E-state index is 12.2. The van der Waals surface area contributed by atoms with Gasteiger partial charge in [0, 0.05) is 6.54 Å². The molecule has 17 heavy (non-hydrogen) atoms. The highest BCUT2D eigenvalue weighted by atomic mass is 79.9. The highest BCUT2D eigenvalue weighted by Crippen LogP contribution is 2.22. The number of alkyl halides is 2. The molecule has 0 aliphatic heterocycles. The summed E-state index contributed by atoms with van der Waals surface area (Å²) in [4.78, 5) is 13.5. The summed E-state index contributed by atoms with van der Waals surface area (Å²) in [5.74, 6) is -0.213. The van der Waals surface area contributed by atoms with Gasteiger partial charge in [-0.05, 0) is 28.1 Å². The maximum Gasteiger partial charge on any atom is 0.251 e. The van der Waals surface area contributed by atoms with Crippen molar-refractivity contribution in [2.75, 3.05) is 26.2 Å². The number of aliphatic hydroxyl groups excluding tert-OH is 1. The molecule has 1 aromatic rings. The zero-order chi connectivity index (χ0) is 12.8. The number of Topliss-reactive ketones (excluding diaryl/α,β-unsaturated/α-hetero) is 1. The summed E-state index contributed by atoms with van der Waals surface area (Å²) in [6.07, 6.45) is -2.51. The van der Waals surface area contributed by atoms with E-state index in [4.69, 9.17) is 5.11 Å². The van der Waals surface area contributed by atoms with E-state index >= 15 is 0 Å². The van der Waals surface area contributed by atoms with Crippen molar-refractivity contribution in [1.82, 2.24) is 4.90 Å². The summed E-state index contributed by atoms with van der Waals surface area (Å²) < 4.78 is 25.3. The average molecular weight is 328 g/mol. The number of hydrogen-bond acceptors (Lipinski definition) is 4. The van der Waals surface area contributed by atoms with Crippen LogP contribution >= 0.6 is 27.3 Å². The Hall–Kier alpha value is -0.370. The summed E-state index contributed by atoms with van der Waals surface area (Å²) in [5, 5.41) is 8.73. The molecule has 0 aromatic carbocycles. The Labute approximate surface area is 110 Å². The van der Waals surface area contributed by atoms with Crippen LogP contribution in [-0.2, 0) is 0 Å². The average Bonchev–Trinajstić information content (AvgIpc) is 2.64. The van der Waals surface area contributed by atoms with E-state index in [9.17, 15) is 13.6 Å². The van der Waals surface area contributed by atoms with Crippen LogP contribution in [-0.4, -0.2) is 48.5 Å². The molecule has 0 radical (unpaired) electrons. The van der Waals surface area contributed by atoms with Crippen molar-refractivity contribution in [2.24, 2.45) is 0 Å². The highest BCUT2D eigenvalue weighted by molar-refractivity contribution is 9.11. The normalized spacial score (nSPS) is 11.4. The second kappa shape index (κ2) is 7.15. The van der Waals surface area contributed by atoms with Gasteiger partial charge in [0.05, 0.1) is 28.4 Å². The quantitative estimate of drug-likeness (QED) is 0.781. The summed E-state index contributed by atoms with van der Waals surface area (Å²) in [7, 11) is 0. The Morgan fingerprint density at radius 3 is 2.71 bits per heavy atom. The van der Waals surface area contributed by atoms with Crippen molar-refractivity contribution in [3.8, 4) is 0 Å². The van der Waals surface area contributed by atoms with Crippen molar-refractivity contribution in [3.05, 3.63) is 20.8 Å². The molecule has 0 unspecified atom stereocenters.